The van der Waals surface area contributed by atoms with Gasteiger partial charge in [-0.1, -0.05) is 13.8 Å². The van der Waals surface area contributed by atoms with Gasteiger partial charge in [-0.3, -0.25) is 9.69 Å². The molecular formula is C23H31N5O3. The van der Waals surface area contributed by atoms with Crippen molar-refractivity contribution in [1.82, 2.24) is 25.0 Å². The molecule has 1 unspecified atom stereocenters. The van der Waals surface area contributed by atoms with Crippen molar-refractivity contribution in [3.8, 4) is 11.5 Å². The third-order valence-corrected chi connectivity index (χ3v) is 5.41. The third kappa shape index (κ3) is 4.80. The number of hydrogen-bond donors (Lipinski definition) is 1. The molecule has 4 heterocycles. The summed E-state index contributed by atoms with van der Waals surface area (Å²) in [7, 11) is 0. The van der Waals surface area contributed by atoms with Crippen molar-refractivity contribution in [2.24, 2.45) is 5.92 Å². The highest BCUT2D eigenvalue weighted by Crippen LogP contribution is 2.26. The van der Waals surface area contributed by atoms with Gasteiger partial charge in [0.2, 0.25) is 0 Å². The smallest absolute Gasteiger partial charge is 0.252 e. The zero-order valence-corrected chi connectivity index (χ0v) is 18.7. The van der Waals surface area contributed by atoms with Crippen LogP contribution in [0.3, 0.4) is 0 Å². The van der Waals surface area contributed by atoms with Crippen LogP contribution < -0.4 is 5.32 Å². The Balaban J connectivity index is 1.56. The van der Waals surface area contributed by atoms with Crippen LogP contribution in [-0.4, -0.2) is 64.5 Å². The number of carbonyl (C=O) groups excluding carboxylic acids is 1. The van der Waals surface area contributed by atoms with E-state index >= 15 is 0 Å². The molecule has 1 atom stereocenters. The van der Waals surface area contributed by atoms with Crippen molar-refractivity contribution < 1.29 is 13.9 Å². The molecule has 166 valence electrons. The molecule has 0 aliphatic carbocycles. The second-order valence-corrected chi connectivity index (χ2v) is 8.81. The zero-order valence-electron chi connectivity index (χ0n) is 18.7. The molecule has 0 saturated carbocycles. The summed E-state index contributed by atoms with van der Waals surface area (Å²) in [6, 6.07) is 5.54. The van der Waals surface area contributed by atoms with Gasteiger partial charge in [-0.05, 0) is 38.0 Å². The molecule has 4 rings (SSSR count). The van der Waals surface area contributed by atoms with E-state index in [2.05, 4.69) is 29.2 Å². The first-order chi connectivity index (χ1) is 14.9. The number of nitrogens with zero attached hydrogens (tertiary/aromatic N) is 4. The van der Waals surface area contributed by atoms with Crippen LogP contribution in [0.4, 0.5) is 0 Å². The van der Waals surface area contributed by atoms with E-state index < -0.39 is 0 Å². The van der Waals surface area contributed by atoms with Gasteiger partial charge in [-0.2, -0.15) is 5.10 Å². The van der Waals surface area contributed by atoms with Crippen LogP contribution in [0.2, 0.25) is 0 Å². The molecule has 8 nitrogen and oxygen atoms in total. The lowest BCUT2D eigenvalue weighted by molar-refractivity contribution is -0.0295. The standard InChI is InChI=1S/C23H31N5O3/c1-15(2)13-27-7-9-30-17(14-27)11-24-23(29)18-10-20(21-6-5-8-31-21)26-22-19(18)12-25-28(22)16(3)4/h5-6,8,10,12,15-17H,7,9,11,13-14H2,1-4H3,(H,24,29). The molecule has 1 saturated heterocycles. The first kappa shape index (κ1) is 21.5. The normalized spacial score (nSPS) is 17.7. The largest absolute Gasteiger partial charge is 0.463 e. The number of furan rings is 1. The first-order valence-corrected chi connectivity index (χ1v) is 11.0. The highest BCUT2D eigenvalue weighted by Gasteiger charge is 2.23. The molecule has 1 N–H and O–H groups in total. The maximum absolute atomic E-state index is 13.2. The van der Waals surface area contributed by atoms with Crippen LogP contribution in [-0.2, 0) is 4.74 Å². The fourth-order valence-electron chi connectivity index (χ4n) is 4.02. The third-order valence-electron chi connectivity index (χ3n) is 5.41. The van der Waals surface area contributed by atoms with Crippen molar-refractivity contribution in [1.29, 1.82) is 0 Å². The molecule has 3 aromatic rings. The maximum atomic E-state index is 13.2. The van der Waals surface area contributed by atoms with E-state index in [4.69, 9.17) is 14.1 Å². The summed E-state index contributed by atoms with van der Waals surface area (Å²) in [5.74, 6) is 1.07. The van der Waals surface area contributed by atoms with Crippen LogP contribution in [0.5, 0.6) is 0 Å². The SMILES string of the molecule is CC(C)CN1CCOC(CNC(=O)c2cc(-c3ccco3)nc3c2cnn3C(C)C)C1. The lowest BCUT2D eigenvalue weighted by atomic mass is 10.1. The molecular weight excluding hydrogens is 394 g/mol. The molecule has 8 heteroatoms. The summed E-state index contributed by atoms with van der Waals surface area (Å²) in [6.45, 7) is 12.5. The Kier molecular flexibility index (Phi) is 6.38. The van der Waals surface area contributed by atoms with E-state index in [1.54, 1.807) is 18.5 Å². The molecule has 0 aromatic carbocycles. The number of hydrogen-bond acceptors (Lipinski definition) is 6. The average molecular weight is 426 g/mol. The monoisotopic (exact) mass is 425 g/mol. The van der Waals surface area contributed by atoms with Crippen LogP contribution in [0, 0.1) is 5.92 Å². The Morgan fingerprint density at radius 2 is 2.16 bits per heavy atom. The summed E-state index contributed by atoms with van der Waals surface area (Å²) >= 11 is 0. The number of amides is 1. The van der Waals surface area contributed by atoms with Gasteiger partial charge in [0.15, 0.2) is 11.4 Å². The van der Waals surface area contributed by atoms with E-state index in [1.807, 2.05) is 30.7 Å². The molecule has 1 aliphatic heterocycles. The average Bonchev–Trinajstić information content (AvgIpc) is 3.41. The maximum Gasteiger partial charge on any atom is 0.252 e. The number of nitrogens with one attached hydrogen (secondary N) is 1. The van der Waals surface area contributed by atoms with Crippen LogP contribution in [0.15, 0.2) is 35.1 Å². The van der Waals surface area contributed by atoms with Gasteiger partial charge in [0.05, 0.1) is 36.1 Å². The van der Waals surface area contributed by atoms with Gasteiger partial charge in [0.25, 0.3) is 5.91 Å². The number of morpholine rings is 1. The summed E-state index contributed by atoms with van der Waals surface area (Å²) in [4.78, 5) is 20.3. The minimum Gasteiger partial charge on any atom is -0.463 e. The molecule has 1 fully saturated rings. The highest BCUT2D eigenvalue weighted by atomic mass is 16.5. The predicted molar refractivity (Wildman–Crippen MR) is 119 cm³/mol. The van der Waals surface area contributed by atoms with Crippen molar-refractivity contribution in [3.05, 3.63) is 36.2 Å². The molecule has 0 radical (unpaired) electrons. The fourth-order valence-corrected chi connectivity index (χ4v) is 4.02. The summed E-state index contributed by atoms with van der Waals surface area (Å²) < 4.78 is 13.2. The molecule has 1 aliphatic rings. The molecule has 0 spiro atoms. The van der Waals surface area contributed by atoms with Gasteiger partial charge in [0, 0.05) is 32.2 Å². The number of pyridine rings is 1. The van der Waals surface area contributed by atoms with E-state index in [0.717, 1.165) is 25.0 Å². The lowest BCUT2D eigenvalue weighted by Gasteiger charge is -2.33. The van der Waals surface area contributed by atoms with Crippen LogP contribution >= 0.6 is 0 Å². The topological polar surface area (TPSA) is 85.4 Å². The van der Waals surface area contributed by atoms with Gasteiger partial charge in [-0.15, -0.1) is 0 Å². The second-order valence-electron chi connectivity index (χ2n) is 8.81. The second kappa shape index (κ2) is 9.20. The Morgan fingerprint density at radius 1 is 1.32 bits per heavy atom. The number of rotatable bonds is 7. The van der Waals surface area contributed by atoms with Crippen molar-refractivity contribution in [2.45, 2.75) is 39.8 Å². The van der Waals surface area contributed by atoms with Gasteiger partial charge < -0.3 is 14.5 Å². The van der Waals surface area contributed by atoms with Crippen molar-refractivity contribution in [2.75, 3.05) is 32.8 Å². The number of aromatic nitrogens is 3. The number of carbonyl (C=O) groups is 1. The number of ether oxygens (including phenoxy) is 1. The van der Waals surface area contributed by atoms with Gasteiger partial charge in [-0.25, -0.2) is 9.67 Å². The van der Waals surface area contributed by atoms with Crippen LogP contribution in [0.25, 0.3) is 22.5 Å². The Hall–Kier alpha value is -2.71. The number of fused-ring (bicyclic) bond motifs is 1. The van der Waals surface area contributed by atoms with Gasteiger partial charge >= 0.3 is 0 Å². The van der Waals surface area contributed by atoms with E-state index in [1.165, 1.54) is 0 Å². The van der Waals surface area contributed by atoms with Crippen molar-refractivity contribution in [3.63, 3.8) is 0 Å². The summed E-state index contributed by atoms with van der Waals surface area (Å²) in [6.07, 6.45) is 3.30. The molecule has 1 amide bonds. The summed E-state index contributed by atoms with van der Waals surface area (Å²) in [5.41, 5.74) is 1.83. The first-order valence-electron chi connectivity index (χ1n) is 11.0. The van der Waals surface area contributed by atoms with Crippen LogP contribution in [0.1, 0.15) is 44.1 Å². The van der Waals surface area contributed by atoms with E-state index in [-0.39, 0.29) is 18.1 Å². The summed E-state index contributed by atoms with van der Waals surface area (Å²) in [5, 5.41) is 8.25. The van der Waals surface area contributed by atoms with E-state index in [9.17, 15) is 4.79 Å². The minimum absolute atomic E-state index is 0.0169. The molecule has 3 aromatic heterocycles. The highest BCUT2D eigenvalue weighted by molar-refractivity contribution is 6.06. The Bertz CT molecular complexity index is 1030. The fraction of sp³-hybridized carbons (Fsp3) is 0.522. The molecule has 0 bridgehead atoms. The van der Waals surface area contributed by atoms with Gasteiger partial charge in [0.1, 0.15) is 5.69 Å². The lowest BCUT2D eigenvalue weighted by Crippen LogP contribution is -2.48. The predicted octanol–water partition coefficient (Wildman–Crippen LogP) is 3.36. The van der Waals surface area contributed by atoms with Crippen molar-refractivity contribution >= 4 is 16.9 Å². The molecule has 31 heavy (non-hydrogen) atoms. The quantitative estimate of drug-likeness (QED) is 0.625. The zero-order chi connectivity index (χ0) is 22.0. The Morgan fingerprint density at radius 3 is 2.87 bits per heavy atom. The van der Waals surface area contributed by atoms with E-state index in [0.29, 0.717) is 41.7 Å². The Labute approximate surface area is 182 Å². The minimum atomic E-state index is -0.159.